The van der Waals surface area contributed by atoms with E-state index in [4.69, 9.17) is 5.11 Å². The summed E-state index contributed by atoms with van der Waals surface area (Å²) in [5.74, 6) is -0.318. The minimum Gasteiger partial charge on any atom is -0.480 e. The Hall–Kier alpha value is -1.30. The zero-order chi connectivity index (χ0) is 13.4. The topological polar surface area (TPSA) is 72.9 Å². The van der Waals surface area contributed by atoms with Crippen molar-refractivity contribution < 1.29 is 14.7 Å². The molecule has 2 N–H and O–H groups in total. The normalized spacial score (nSPS) is 37.4. The molecule has 0 spiro atoms. The van der Waals surface area contributed by atoms with E-state index in [0.29, 0.717) is 18.9 Å². The van der Waals surface area contributed by atoms with Crippen LogP contribution in [0.5, 0.6) is 0 Å². The zero-order valence-corrected chi connectivity index (χ0v) is 11.0. The number of piperidine rings is 3. The largest absolute Gasteiger partial charge is 0.480 e. The van der Waals surface area contributed by atoms with Gasteiger partial charge in [-0.25, -0.2) is 9.59 Å². The Kier molecular flexibility index (Phi) is 3.35. The van der Waals surface area contributed by atoms with Gasteiger partial charge in [0, 0.05) is 19.1 Å². The van der Waals surface area contributed by atoms with E-state index in [9.17, 15) is 9.59 Å². The lowest BCUT2D eigenvalue weighted by atomic mass is 9.84. The third kappa shape index (κ3) is 2.41. The summed E-state index contributed by atoms with van der Waals surface area (Å²) in [6.45, 7) is 3.75. The van der Waals surface area contributed by atoms with Crippen LogP contribution in [0.2, 0.25) is 0 Å². The average molecular weight is 267 g/mol. The first kappa shape index (κ1) is 12.7. The second kappa shape index (κ2) is 5.00. The molecule has 0 aromatic rings. The zero-order valence-electron chi connectivity index (χ0n) is 11.0. The van der Waals surface area contributed by atoms with Crippen molar-refractivity contribution in [2.75, 3.05) is 26.2 Å². The SMILES string of the molecule is O=C(O)[C@@H]1CCCN1C(=O)NC1CN2CCC1CC2. The number of hydrogen-bond donors (Lipinski definition) is 2. The minimum absolute atomic E-state index is 0.191. The number of fused-ring (bicyclic) bond motifs is 3. The Balaban J connectivity index is 1.60. The fourth-order valence-corrected chi connectivity index (χ4v) is 3.64. The molecule has 106 valence electrons. The molecule has 1 unspecified atom stereocenters. The van der Waals surface area contributed by atoms with Gasteiger partial charge in [0.25, 0.3) is 0 Å². The maximum absolute atomic E-state index is 12.2. The van der Waals surface area contributed by atoms with Crippen LogP contribution in [-0.4, -0.2) is 65.2 Å². The van der Waals surface area contributed by atoms with E-state index >= 15 is 0 Å². The van der Waals surface area contributed by atoms with Gasteiger partial charge in [0.2, 0.25) is 0 Å². The Morgan fingerprint density at radius 1 is 1.11 bits per heavy atom. The van der Waals surface area contributed by atoms with Crippen molar-refractivity contribution in [3.8, 4) is 0 Å². The molecular weight excluding hydrogens is 246 g/mol. The highest BCUT2D eigenvalue weighted by atomic mass is 16.4. The summed E-state index contributed by atoms with van der Waals surface area (Å²) in [4.78, 5) is 27.2. The number of urea groups is 1. The molecule has 0 radical (unpaired) electrons. The maximum atomic E-state index is 12.2. The predicted octanol–water partition coefficient (Wildman–Crippen LogP) is 0.339. The highest BCUT2D eigenvalue weighted by molar-refractivity contribution is 5.83. The third-order valence-corrected chi connectivity index (χ3v) is 4.76. The summed E-state index contributed by atoms with van der Waals surface area (Å²) in [6, 6.07) is -0.630. The lowest BCUT2D eigenvalue weighted by molar-refractivity contribution is -0.141. The standard InChI is InChI=1S/C13H21N3O3/c17-12(18)11-2-1-5-16(11)13(19)14-10-8-15-6-3-9(10)4-7-15/h9-11H,1-8H2,(H,14,19)(H,17,18)/t10?,11-/m0/s1. The van der Waals surface area contributed by atoms with Crippen LogP contribution < -0.4 is 5.32 Å². The summed E-state index contributed by atoms with van der Waals surface area (Å²) in [5.41, 5.74) is 0. The molecule has 6 nitrogen and oxygen atoms in total. The summed E-state index contributed by atoms with van der Waals surface area (Å²) in [7, 11) is 0. The summed E-state index contributed by atoms with van der Waals surface area (Å²) in [5, 5.41) is 12.2. The number of likely N-dealkylation sites (tertiary alicyclic amines) is 1. The number of carboxylic acid groups (broad SMARTS) is 1. The first-order chi connectivity index (χ1) is 9.15. The van der Waals surface area contributed by atoms with Gasteiger partial charge in [0.1, 0.15) is 6.04 Å². The van der Waals surface area contributed by atoms with E-state index in [2.05, 4.69) is 10.2 Å². The van der Waals surface area contributed by atoms with Crippen LogP contribution in [0, 0.1) is 5.92 Å². The summed E-state index contributed by atoms with van der Waals surface area (Å²) >= 11 is 0. The number of aliphatic carboxylic acids is 1. The van der Waals surface area contributed by atoms with Crippen LogP contribution in [0.3, 0.4) is 0 Å². The second-order valence-electron chi connectivity index (χ2n) is 5.88. The number of nitrogens with zero attached hydrogens (tertiary/aromatic N) is 2. The molecule has 0 aromatic carbocycles. The predicted molar refractivity (Wildman–Crippen MR) is 68.8 cm³/mol. The van der Waals surface area contributed by atoms with Gasteiger partial charge in [-0.2, -0.15) is 0 Å². The van der Waals surface area contributed by atoms with Gasteiger partial charge in [-0.1, -0.05) is 0 Å². The Morgan fingerprint density at radius 3 is 2.42 bits per heavy atom. The fourth-order valence-electron chi connectivity index (χ4n) is 3.64. The molecule has 0 aromatic heterocycles. The number of carboxylic acids is 1. The van der Waals surface area contributed by atoms with Gasteiger partial charge in [-0.3, -0.25) is 0 Å². The molecule has 4 aliphatic heterocycles. The lowest BCUT2D eigenvalue weighted by Gasteiger charge is -2.45. The van der Waals surface area contributed by atoms with E-state index in [0.717, 1.165) is 38.9 Å². The van der Waals surface area contributed by atoms with Crippen LogP contribution in [0.1, 0.15) is 25.7 Å². The smallest absolute Gasteiger partial charge is 0.326 e. The maximum Gasteiger partial charge on any atom is 0.326 e. The molecule has 2 amide bonds. The third-order valence-electron chi connectivity index (χ3n) is 4.76. The molecule has 2 bridgehead atoms. The molecule has 4 saturated heterocycles. The molecule has 4 heterocycles. The Morgan fingerprint density at radius 2 is 1.84 bits per heavy atom. The second-order valence-corrected chi connectivity index (χ2v) is 5.88. The number of amides is 2. The number of hydrogen-bond acceptors (Lipinski definition) is 3. The van der Waals surface area contributed by atoms with Crippen LogP contribution in [0.4, 0.5) is 4.79 Å². The van der Waals surface area contributed by atoms with Gasteiger partial charge in [0.05, 0.1) is 0 Å². The van der Waals surface area contributed by atoms with E-state index in [1.165, 1.54) is 4.90 Å². The quantitative estimate of drug-likeness (QED) is 0.756. The van der Waals surface area contributed by atoms with Crippen molar-refractivity contribution in [2.24, 2.45) is 5.92 Å². The van der Waals surface area contributed by atoms with Crippen molar-refractivity contribution in [2.45, 2.75) is 37.8 Å². The highest BCUT2D eigenvalue weighted by Gasteiger charge is 2.38. The highest BCUT2D eigenvalue weighted by Crippen LogP contribution is 2.28. The van der Waals surface area contributed by atoms with E-state index in [1.54, 1.807) is 0 Å². The number of carbonyl (C=O) groups is 2. The van der Waals surface area contributed by atoms with Gasteiger partial charge in [-0.05, 0) is 44.7 Å². The van der Waals surface area contributed by atoms with Crippen LogP contribution >= 0.6 is 0 Å². The Bertz CT molecular complexity index is 379. The van der Waals surface area contributed by atoms with Crippen LogP contribution in [0.15, 0.2) is 0 Å². The lowest BCUT2D eigenvalue weighted by Crippen LogP contribution is -2.59. The molecule has 0 saturated carbocycles. The minimum atomic E-state index is -0.887. The van der Waals surface area contributed by atoms with Gasteiger partial charge >= 0.3 is 12.0 Å². The molecular formula is C13H21N3O3. The number of rotatable bonds is 2. The molecule has 4 fully saturated rings. The van der Waals surface area contributed by atoms with Crippen LogP contribution in [-0.2, 0) is 4.79 Å². The monoisotopic (exact) mass is 267 g/mol. The average Bonchev–Trinajstić information content (AvgIpc) is 2.89. The van der Waals surface area contributed by atoms with E-state index < -0.39 is 12.0 Å². The fraction of sp³-hybridized carbons (Fsp3) is 0.846. The van der Waals surface area contributed by atoms with Crippen molar-refractivity contribution in [1.82, 2.24) is 15.1 Å². The van der Waals surface area contributed by atoms with Gasteiger partial charge in [0.15, 0.2) is 0 Å². The molecule has 4 rings (SSSR count). The molecule has 4 aliphatic rings. The van der Waals surface area contributed by atoms with Gasteiger partial charge in [-0.15, -0.1) is 0 Å². The first-order valence-electron chi connectivity index (χ1n) is 7.17. The molecule has 2 atom stereocenters. The number of nitrogens with one attached hydrogen (secondary N) is 1. The van der Waals surface area contributed by atoms with Crippen molar-refractivity contribution >= 4 is 12.0 Å². The van der Waals surface area contributed by atoms with Crippen molar-refractivity contribution in [1.29, 1.82) is 0 Å². The van der Waals surface area contributed by atoms with E-state index in [-0.39, 0.29) is 12.1 Å². The van der Waals surface area contributed by atoms with Crippen molar-refractivity contribution in [3.05, 3.63) is 0 Å². The Labute approximate surface area is 112 Å². The summed E-state index contributed by atoms with van der Waals surface area (Å²) < 4.78 is 0. The molecule has 0 aliphatic carbocycles. The number of carbonyl (C=O) groups excluding carboxylic acids is 1. The van der Waals surface area contributed by atoms with Crippen molar-refractivity contribution in [3.63, 3.8) is 0 Å². The van der Waals surface area contributed by atoms with Gasteiger partial charge < -0.3 is 20.2 Å². The first-order valence-corrected chi connectivity index (χ1v) is 7.17. The van der Waals surface area contributed by atoms with E-state index in [1.807, 2.05) is 0 Å². The van der Waals surface area contributed by atoms with Crippen LogP contribution in [0.25, 0.3) is 0 Å². The summed E-state index contributed by atoms with van der Waals surface area (Å²) in [6.07, 6.45) is 3.65. The molecule has 6 heteroatoms. The molecule has 19 heavy (non-hydrogen) atoms.